The third-order valence-electron chi connectivity index (χ3n) is 3.15. The third kappa shape index (κ3) is 2.12. The van der Waals surface area contributed by atoms with Crippen molar-refractivity contribution >= 4 is 28.0 Å². The Bertz CT molecular complexity index is 741. The summed E-state index contributed by atoms with van der Waals surface area (Å²) in [5.41, 5.74) is 9.26. The minimum atomic E-state index is 0.607. The average Bonchev–Trinajstić information content (AvgIpc) is 2.51. The van der Waals surface area contributed by atoms with Crippen LogP contribution in [0.25, 0.3) is 10.9 Å². The molecule has 0 atom stereocenters. The molecule has 3 aromatic rings. The zero-order chi connectivity index (χ0) is 13.9. The summed E-state index contributed by atoms with van der Waals surface area (Å²) in [4.78, 5) is 4.34. The van der Waals surface area contributed by atoms with Gasteiger partial charge in [-0.1, -0.05) is 18.2 Å². The maximum atomic E-state index is 6.02. The van der Waals surface area contributed by atoms with Crippen LogP contribution in [0.5, 0.6) is 5.75 Å². The minimum absolute atomic E-state index is 0.607. The number of pyridine rings is 1. The van der Waals surface area contributed by atoms with Crippen LogP contribution in [0.3, 0.4) is 0 Å². The van der Waals surface area contributed by atoms with Crippen LogP contribution in [0.1, 0.15) is 0 Å². The molecule has 100 valence electrons. The van der Waals surface area contributed by atoms with Crippen molar-refractivity contribution in [3.63, 3.8) is 0 Å². The predicted molar refractivity (Wildman–Crippen MR) is 82.4 cm³/mol. The highest BCUT2D eigenvalue weighted by atomic mass is 16.5. The van der Waals surface area contributed by atoms with E-state index in [1.807, 2.05) is 42.5 Å². The number of benzene rings is 2. The fourth-order valence-electron chi connectivity index (χ4n) is 2.21. The molecule has 3 N–H and O–H groups in total. The van der Waals surface area contributed by atoms with Crippen molar-refractivity contribution in [2.45, 2.75) is 0 Å². The van der Waals surface area contributed by atoms with Gasteiger partial charge in [0.05, 0.1) is 24.0 Å². The van der Waals surface area contributed by atoms with Crippen LogP contribution in [0.4, 0.5) is 17.1 Å². The van der Waals surface area contributed by atoms with E-state index in [9.17, 15) is 0 Å². The molecule has 1 heterocycles. The number of anilines is 3. The summed E-state index contributed by atoms with van der Waals surface area (Å²) in [5.74, 6) is 0.701. The Morgan fingerprint density at radius 1 is 1.10 bits per heavy atom. The number of nitrogens with zero attached hydrogens (tertiary/aromatic N) is 1. The summed E-state index contributed by atoms with van der Waals surface area (Å²) in [6.45, 7) is 0. The number of ether oxygens (including phenoxy) is 1. The van der Waals surface area contributed by atoms with Crippen molar-refractivity contribution in [1.82, 2.24) is 4.98 Å². The van der Waals surface area contributed by atoms with Crippen molar-refractivity contribution < 1.29 is 4.74 Å². The Labute approximate surface area is 117 Å². The van der Waals surface area contributed by atoms with E-state index in [4.69, 9.17) is 10.5 Å². The monoisotopic (exact) mass is 265 g/mol. The van der Waals surface area contributed by atoms with E-state index in [1.165, 1.54) is 0 Å². The van der Waals surface area contributed by atoms with Crippen LogP contribution in [0, 0.1) is 0 Å². The molecule has 0 radical (unpaired) electrons. The highest BCUT2D eigenvalue weighted by molar-refractivity contribution is 6.02. The molecule has 0 saturated heterocycles. The number of nitrogen functional groups attached to an aromatic ring is 1. The number of para-hydroxylation sites is 1. The van der Waals surface area contributed by atoms with E-state index in [0.29, 0.717) is 11.4 Å². The lowest BCUT2D eigenvalue weighted by molar-refractivity contribution is 0.417. The van der Waals surface area contributed by atoms with E-state index in [-0.39, 0.29) is 0 Å². The van der Waals surface area contributed by atoms with Crippen LogP contribution in [-0.4, -0.2) is 12.1 Å². The van der Waals surface area contributed by atoms with E-state index in [0.717, 1.165) is 22.3 Å². The number of nitrogens with one attached hydrogen (secondary N) is 1. The molecule has 0 aliphatic carbocycles. The van der Waals surface area contributed by atoms with Crippen LogP contribution >= 0.6 is 0 Å². The largest absolute Gasteiger partial charge is 0.494 e. The second-order valence-corrected chi connectivity index (χ2v) is 4.43. The van der Waals surface area contributed by atoms with Crippen molar-refractivity contribution in [2.24, 2.45) is 0 Å². The lowest BCUT2D eigenvalue weighted by Crippen LogP contribution is -1.99. The molecule has 0 spiro atoms. The van der Waals surface area contributed by atoms with Crippen LogP contribution < -0.4 is 15.8 Å². The number of fused-ring (bicyclic) bond motifs is 1. The van der Waals surface area contributed by atoms with Crippen molar-refractivity contribution in [1.29, 1.82) is 0 Å². The lowest BCUT2D eigenvalue weighted by atomic mass is 10.1. The van der Waals surface area contributed by atoms with Gasteiger partial charge in [-0.25, -0.2) is 0 Å². The maximum absolute atomic E-state index is 6.02. The van der Waals surface area contributed by atoms with Gasteiger partial charge in [-0.3, -0.25) is 4.98 Å². The quantitative estimate of drug-likeness (QED) is 0.711. The molecular weight excluding hydrogens is 250 g/mol. The molecule has 0 aliphatic heterocycles. The van der Waals surface area contributed by atoms with Gasteiger partial charge in [0.2, 0.25) is 0 Å². The highest BCUT2D eigenvalue weighted by Gasteiger charge is 2.12. The first-order valence-corrected chi connectivity index (χ1v) is 6.33. The van der Waals surface area contributed by atoms with E-state index >= 15 is 0 Å². The SMILES string of the molecule is COc1cc(N)c2ncccc2c1Nc1ccccc1. The topological polar surface area (TPSA) is 60.2 Å². The molecule has 0 unspecified atom stereocenters. The molecule has 20 heavy (non-hydrogen) atoms. The van der Waals surface area contributed by atoms with Gasteiger partial charge in [-0.2, -0.15) is 0 Å². The van der Waals surface area contributed by atoms with Crippen LogP contribution in [0.15, 0.2) is 54.7 Å². The van der Waals surface area contributed by atoms with Crippen molar-refractivity contribution in [3.8, 4) is 5.75 Å². The molecule has 0 amide bonds. The third-order valence-corrected chi connectivity index (χ3v) is 3.15. The standard InChI is InChI=1S/C16H15N3O/c1-20-14-10-13(17)15-12(8-5-9-18-15)16(14)19-11-6-3-2-4-7-11/h2-10,19H,17H2,1H3. The first kappa shape index (κ1) is 12.3. The second-order valence-electron chi connectivity index (χ2n) is 4.43. The van der Waals surface area contributed by atoms with Gasteiger partial charge in [0.15, 0.2) is 0 Å². The normalized spacial score (nSPS) is 10.4. The number of aromatic nitrogens is 1. The van der Waals surface area contributed by atoms with E-state index < -0.39 is 0 Å². The lowest BCUT2D eigenvalue weighted by Gasteiger charge is -2.15. The first-order valence-electron chi connectivity index (χ1n) is 6.33. The van der Waals surface area contributed by atoms with Gasteiger partial charge >= 0.3 is 0 Å². The second kappa shape index (κ2) is 5.09. The number of hydrogen-bond acceptors (Lipinski definition) is 4. The minimum Gasteiger partial charge on any atom is -0.494 e. The summed E-state index contributed by atoms with van der Waals surface area (Å²) in [6.07, 6.45) is 1.73. The number of rotatable bonds is 3. The van der Waals surface area contributed by atoms with Crippen LogP contribution in [0.2, 0.25) is 0 Å². The summed E-state index contributed by atoms with van der Waals surface area (Å²) in [7, 11) is 1.63. The number of hydrogen-bond donors (Lipinski definition) is 2. The molecule has 0 fully saturated rings. The first-order chi connectivity index (χ1) is 9.79. The zero-order valence-electron chi connectivity index (χ0n) is 11.1. The Morgan fingerprint density at radius 2 is 1.90 bits per heavy atom. The Hall–Kier alpha value is -2.75. The molecule has 3 rings (SSSR count). The molecule has 0 saturated carbocycles. The summed E-state index contributed by atoms with van der Waals surface area (Å²) in [5, 5.41) is 4.31. The summed E-state index contributed by atoms with van der Waals surface area (Å²) < 4.78 is 5.44. The average molecular weight is 265 g/mol. The Balaban J connectivity index is 2.20. The zero-order valence-corrected chi connectivity index (χ0v) is 11.1. The van der Waals surface area contributed by atoms with E-state index in [2.05, 4.69) is 10.3 Å². The van der Waals surface area contributed by atoms with Gasteiger partial charge in [0.25, 0.3) is 0 Å². The molecule has 0 bridgehead atoms. The maximum Gasteiger partial charge on any atom is 0.145 e. The summed E-state index contributed by atoms with van der Waals surface area (Å²) in [6, 6.07) is 15.6. The smallest absolute Gasteiger partial charge is 0.145 e. The van der Waals surface area contributed by atoms with Gasteiger partial charge in [-0.15, -0.1) is 0 Å². The van der Waals surface area contributed by atoms with E-state index in [1.54, 1.807) is 19.4 Å². The predicted octanol–water partition coefficient (Wildman–Crippen LogP) is 3.57. The molecule has 0 aliphatic rings. The van der Waals surface area contributed by atoms with Crippen molar-refractivity contribution in [3.05, 3.63) is 54.7 Å². The van der Waals surface area contributed by atoms with Gasteiger partial charge < -0.3 is 15.8 Å². The van der Waals surface area contributed by atoms with Gasteiger partial charge in [-0.05, 0) is 24.3 Å². The Morgan fingerprint density at radius 3 is 2.65 bits per heavy atom. The highest BCUT2D eigenvalue weighted by Crippen LogP contribution is 2.37. The van der Waals surface area contributed by atoms with Gasteiger partial charge in [0, 0.05) is 23.3 Å². The fourth-order valence-corrected chi connectivity index (χ4v) is 2.21. The fraction of sp³-hybridized carbons (Fsp3) is 0.0625. The number of nitrogens with two attached hydrogens (primary N) is 1. The van der Waals surface area contributed by atoms with Crippen LogP contribution in [-0.2, 0) is 0 Å². The summed E-state index contributed by atoms with van der Waals surface area (Å²) >= 11 is 0. The molecule has 2 aromatic carbocycles. The Kier molecular flexibility index (Phi) is 3.13. The molecule has 1 aromatic heterocycles. The van der Waals surface area contributed by atoms with Gasteiger partial charge in [0.1, 0.15) is 5.75 Å². The molecule has 4 nitrogen and oxygen atoms in total. The molecule has 4 heteroatoms. The number of methoxy groups -OCH3 is 1. The molecular formula is C16H15N3O. The van der Waals surface area contributed by atoms with Crippen molar-refractivity contribution in [2.75, 3.05) is 18.2 Å².